The van der Waals surface area contributed by atoms with Gasteiger partial charge >= 0.3 is 6.61 Å². The van der Waals surface area contributed by atoms with E-state index in [0.717, 1.165) is 4.47 Å². The molecule has 0 spiro atoms. The maximum atomic E-state index is 12.1. The Labute approximate surface area is 138 Å². The number of phenols is 1. The highest BCUT2D eigenvalue weighted by molar-refractivity contribution is 9.10. The fraction of sp³-hybridized carbons (Fsp3) is 0.0667. The normalized spacial score (nSPS) is 11.0. The number of hydrogen-bond donors (Lipinski definition) is 2. The third-order valence-corrected chi connectivity index (χ3v) is 3.17. The van der Waals surface area contributed by atoms with Gasteiger partial charge in [-0.1, -0.05) is 22.0 Å². The molecular weight excluding hydrogens is 374 g/mol. The molecule has 5 nitrogen and oxygen atoms in total. The quantitative estimate of drug-likeness (QED) is 0.611. The summed E-state index contributed by atoms with van der Waals surface area (Å²) in [6.07, 6.45) is 1.26. The van der Waals surface area contributed by atoms with Gasteiger partial charge in [0.1, 0.15) is 11.5 Å². The number of rotatable bonds is 5. The summed E-state index contributed by atoms with van der Waals surface area (Å²) in [5.41, 5.74) is 2.74. The molecule has 2 aromatic rings. The zero-order valence-corrected chi connectivity index (χ0v) is 13.1. The van der Waals surface area contributed by atoms with Gasteiger partial charge in [-0.05, 0) is 36.4 Å². The van der Waals surface area contributed by atoms with E-state index >= 15 is 0 Å². The molecular formula is C15H11BrF2N2O3. The minimum Gasteiger partial charge on any atom is -0.507 e. The average Bonchev–Trinajstić information content (AvgIpc) is 2.50. The molecule has 2 rings (SSSR count). The maximum absolute atomic E-state index is 12.1. The van der Waals surface area contributed by atoms with Crippen LogP contribution in [0.5, 0.6) is 11.5 Å². The Morgan fingerprint density at radius 1 is 1.30 bits per heavy atom. The van der Waals surface area contributed by atoms with Gasteiger partial charge in [-0.3, -0.25) is 4.79 Å². The van der Waals surface area contributed by atoms with Crippen molar-refractivity contribution < 1.29 is 23.4 Å². The molecule has 0 atom stereocenters. The lowest BCUT2D eigenvalue weighted by atomic mass is 10.2. The fourth-order valence-electron chi connectivity index (χ4n) is 1.67. The van der Waals surface area contributed by atoms with Crippen LogP contribution in [-0.4, -0.2) is 23.8 Å². The standard InChI is InChI=1S/C15H11BrF2N2O3/c16-11-4-5-13(21)10(6-11)8-19-20-14(22)9-2-1-3-12(7-9)23-15(17)18/h1-8,15,21H,(H,20,22). The van der Waals surface area contributed by atoms with Crippen LogP contribution >= 0.6 is 15.9 Å². The second-order valence-corrected chi connectivity index (χ2v) is 5.22. The van der Waals surface area contributed by atoms with E-state index in [4.69, 9.17) is 0 Å². The first-order valence-corrected chi connectivity index (χ1v) is 7.12. The number of alkyl halides is 2. The van der Waals surface area contributed by atoms with Crippen molar-refractivity contribution in [3.05, 3.63) is 58.1 Å². The van der Waals surface area contributed by atoms with Crippen molar-refractivity contribution in [3.63, 3.8) is 0 Å². The number of hydrogen-bond acceptors (Lipinski definition) is 4. The maximum Gasteiger partial charge on any atom is 0.387 e. The van der Waals surface area contributed by atoms with Gasteiger partial charge in [0.2, 0.25) is 0 Å². The number of phenolic OH excluding ortho intramolecular Hbond substituents is 1. The van der Waals surface area contributed by atoms with Gasteiger partial charge in [-0.15, -0.1) is 0 Å². The number of halogens is 3. The lowest BCUT2D eigenvalue weighted by molar-refractivity contribution is -0.0498. The number of carbonyl (C=O) groups excluding carboxylic acids is 1. The Morgan fingerprint density at radius 3 is 2.83 bits per heavy atom. The molecule has 0 heterocycles. The molecule has 0 aromatic heterocycles. The van der Waals surface area contributed by atoms with Crippen molar-refractivity contribution in [2.24, 2.45) is 5.10 Å². The highest BCUT2D eigenvalue weighted by atomic mass is 79.9. The van der Waals surface area contributed by atoms with Crippen LogP contribution in [0, 0.1) is 0 Å². The van der Waals surface area contributed by atoms with Crippen LogP contribution in [0.15, 0.2) is 52.0 Å². The zero-order valence-electron chi connectivity index (χ0n) is 11.5. The second-order valence-electron chi connectivity index (χ2n) is 4.31. The summed E-state index contributed by atoms with van der Waals surface area (Å²) in [5.74, 6) is -0.727. The second kappa shape index (κ2) is 7.68. The topological polar surface area (TPSA) is 70.9 Å². The third-order valence-electron chi connectivity index (χ3n) is 2.68. The molecule has 0 aliphatic rings. The summed E-state index contributed by atoms with van der Waals surface area (Å²) in [6, 6.07) is 10.1. The summed E-state index contributed by atoms with van der Waals surface area (Å²) in [5, 5.41) is 13.3. The highest BCUT2D eigenvalue weighted by Crippen LogP contribution is 2.20. The van der Waals surface area contributed by atoms with Gasteiger partial charge in [-0.2, -0.15) is 13.9 Å². The van der Waals surface area contributed by atoms with Gasteiger partial charge < -0.3 is 9.84 Å². The smallest absolute Gasteiger partial charge is 0.387 e. The molecule has 1 amide bonds. The molecule has 0 saturated carbocycles. The Balaban J connectivity index is 2.04. The van der Waals surface area contributed by atoms with E-state index in [1.165, 1.54) is 36.5 Å². The number of hydrazone groups is 1. The van der Waals surface area contributed by atoms with Crippen molar-refractivity contribution in [1.82, 2.24) is 5.43 Å². The summed E-state index contributed by atoms with van der Waals surface area (Å²) in [4.78, 5) is 11.9. The third kappa shape index (κ3) is 5.03. The van der Waals surface area contributed by atoms with Crippen LogP contribution in [0.3, 0.4) is 0 Å². The Kier molecular flexibility index (Phi) is 5.64. The SMILES string of the molecule is O=C(NN=Cc1cc(Br)ccc1O)c1cccc(OC(F)F)c1. The number of aromatic hydroxyl groups is 1. The zero-order chi connectivity index (χ0) is 16.8. The van der Waals surface area contributed by atoms with Gasteiger partial charge in [0, 0.05) is 15.6 Å². The van der Waals surface area contributed by atoms with Crippen LogP contribution in [0.25, 0.3) is 0 Å². The van der Waals surface area contributed by atoms with Crippen molar-refractivity contribution in [2.75, 3.05) is 0 Å². The molecule has 0 bridgehead atoms. The minimum atomic E-state index is -2.97. The predicted octanol–water partition coefficient (Wildman–Crippen LogP) is 3.52. The summed E-state index contributed by atoms with van der Waals surface area (Å²) >= 11 is 3.25. The molecule has 0 aliphatic heterocycles. The summed E-state index contributed by atoms with van der Waals surface area (Å²) in [7, 11) is 0. The number of amides is 1. The van der Waals surface area contributed by atoms with Crippen molar-refractivity contribution in [3.8, 4) is 11.5 Å². The number of nitrogens with one attached hydrogen (secondary N) is 1. The first-order chi connectivity index (χ1) is 11.0. The van der Waals surface area contributed by atoms with E-state index in [0.29, 0.717) is 5.56 Å². The molecule has 8 heteroatoms. The lowest BCUT2D eigenvalue weighted by Gasteiger charge is -2.06. The molecule has 23 heavy (non-hydrogen) atoms. The fourth-order valence-corrected chi connectivity index (χ4v) is 2.05. The predicted molar refractivity (Wildman–Crippen MR) is 83.9 cm³/mol. The molecule has 0 fully saturated rings. The van der Waals surface area contributed by atoms with E-state index in [2.05, 4.69) is 31.2 Å². The Morgan fingerprint density at radius 2 is 2.09 bits per heavy atom. The van der Waals surface area contributed by atoms with Gasteiger partial charge in [0.05, 0.1) is 6.21 Å². The molecule has 2 N–H and O–H groups in total. The highest BCUT2D eigenvalue weighted by Gasteiger charge is 2.09. The summed E-state index contributed by atoms with van der Waals surface area (Å²) < 4.78 is 29.2. The molecule has 0 saturated heterocycles. The minimum absolute atomic E-state index is 0.00136. The molecule has 120 valence electrons. The van der Waals surface area contributed by atoms with E-state index in [-0.39, 0.29) is 17.1 Å². The number of ether oxygens (including phenoxy) is 1. The van der Waals surface area contributed by atoms with E-state index in [1.54, 1.807) is 12.1 Å². The number of nitrogens with zero attached hydrogens (tertiary/aromatic N) is 1. The first-order valence-electron chi connectivity index (χ1n) is 6.32. The van der Waals surface area contributed by atoms with Gasteiger partial charge in [0.15, 0.2) is 0 Å². The van der Waals surface area contributed by atoms with Crippen LogP contribution in [0.2, 0.25) is 0 Å². The van der Waals surface area contributed by atoms with Crippen molar-refractivity contribution in [1.29, 1.82) is 0 Å². The first kappa shape index (κ1) is 16.9. The molecule has 2 aromatic carbocycles. The molecule has 0 radical (unpaired) electrons. The molecule has 0 aliphatic carbocycles. The van der Waals surface area contributed by atoms with Crippen LogP contribution in [-0.2, 0) is 0 Å². The largest absolute Gasteiger partial charge is 0.507 e. The van der Waals surface area contributed by atoms with Gasteiger partial charge in [0.25, 0.3) is 5.91 Å². The van der Waals surface area contributed by atoms with Crippen LogP contribution in [0.4, 0.5) is 8.78 Å². The van der Waals surface area contributed by atoms with Crippen molar-refractivity contribution >= 4 is 28.1 Å². The molecule has 0 unspecified atom stereocenters. The van der Waals surface area contributed by atoms with E-state index in [1.807, 2.05) is 0 Å². The van der Waals surface area contributed by atoms with E-state index < -0.39 is 12.5 Å². The number of carbonyl (C=O) groups is 1. The Bertz CT molecular complexity index is 738. The van der Waals surface area contributed by atoms with Crippen LogP contribution in [0.1, 0.15) is 15.9 Å². The monoisotopic (exact) mass is 384 g/mol. The van der Waals surface area contributed by atoms with E-state index in [9.17, 15) is 18.7 Å². The summed E-state index contributed by atoms with van der Waals surface area (Å²) in [6.45, 7) is -2.97. The lowest BCUT2D eigenvalue weighted by Crippen LogP contribution is -2.17. The average molecular weight is 385 g/mol. The number of benzene rings is 2. The Hall–Kier alpha value is -2.48. The van der Waals surface area contributed by atoms with Gasteiger partial charge in [-0.25, -0.2) is 5.43 Å². The van der Waals surface area contributed by atoms with Crippen LogP contribution < -0.4 is 10.2 Å². The van der Waals surface area contributed by atoms with Crippen molar-refractivity contribution in [2.45, 2.75) is 6.61 Å².